The average Bonchev–Trinajstić information content (AvgIpc) is 3.04. The lowest BCUT2D eigenvalue weighted by molar-refractivity contribution is -0.110. The van der Waals surface area contributed by atoms with Crippen molar-refractivity contribution < 1.29 is 14.0 Å². The first-order valence-corrected chi connectivity index (χ1v) is 8.55. The van der Waals surface area contributed by atoms with E-state index >= 15 is 0 Å². The number of Topliss-reactive ketones (excluding diaryl/α,β-unsaturated/α-hetero) is 1. The molecule has 3 aromatic carbocycles. The molecule has 0 aliphatic carbocycles. The standard InChI is InChI=1S/C22H14FN3O2/c23-16-11-12-18-17(13-16)20(22(28)24-18)26-25-19(14-7-3-1-4-8-14)21(27)15-9-5-2-6-10-15/h1-13H,(H,24,26,28)/b25-19+. The van der Waals surface area contributed by atoms with E-state index < -0.39 is 11.7 Å². The van der Waals surface area contributed by atoms with Crippen molar-refractivity contribution in [2.75, 3.05) is 5.32 Å². The van der Waals surface area contributed by atoms with Crippen molar-refractivity contribution in [3.63, 3.8) is 0 Å². The van der Waals surface area contributed by atoms with E-state index in [4.69, 9.17) is 0 Å². The highest BCUT2D eigenvalue weighted by Gasteiger charge is 2.27. The van der Waals surface area contributed by atoms with Gasteiger partial charge < -0.3 is 5.32 Å². The number of benzene rings is 3. The minimum absolute atomic E-state index is 0.0382. The first-order valence-electron chi connectivity index (χ1n) is 8.55. The molecule has 5 nitrogen and oxygen atoms in total. The average molecular weight is 371 g/mol. The van der Waals surface area contributed by atoms with Gasteiger partial charge in [-0.3, -0.25) is 9.59 Å². The lowest BCUT2D eigenvalue weighted by Crippen LogP contribution is -2.17. The Labute approximate surface area is 160 Å². The number of anilines is 1. The van der Waals surface area contributed by atoms with Gasteiger partial charge in [-0.05, 0) is 18.2 Å². The van der Waals surface area contributed by atoms with Gasteiger partial charge in [0.1, 0.15) is 11.5 Å². The van der Waals surface area contributed by atoms with E-state index in [1.54, 1.807) is 48.5 Å². The van der Waals surface area contributed by atoms with E-state index in [-0.39, 0.29) is 17.2 Å². The molecule has 1 aliphatic heterocycles. The fourth-order valence-corrected chi connectivity index (χ4v) is 2.88. The molecule has 28 heavy (non-hydrogen) atoms. The van der Waals surface area contributed by atoms with E-state index in [0.717, 1.165) is 0 Å². The molecule has 0 atom stereocenters. The fourth-order valence-electron chi connectivity index (χ4n) is 2.88. The number of carbonyl (C=O) groups excluding carboxylic acids is 2. The maximum absolute atomic E-state index is 13.6. The Morgan fingerprint density at radius 1 is 0.857 bits per heavy atom. The second-order valence-electron chi connectivity index (χ2n) is 6.10. The summed E-state index contributed by atoms with van der Waals surface area (Å²) in [5.41, 5.74) is 1.84. The van der Waals surface area contributed by atoms with Crippen LogP contribution in [0.25, 0.3) is 0 Å². The zero-order valence-corrected chi connectivity index (χ0v) is 14.6. The molecule has 0 radical (unpaired) electrons. The van der Waals surface area contributed by atoms with Crippen LogP contribution >= 0.6 is 0 Å². The SMILES string of the molecule is O=C1Nc2ccc(F)cc2/C1=N/N=C(/C(=O)c1ccccc1)c1ccccc1. The van der Waals surface area contributed by atoms with E-state index in [1.807, 2.05) is 12.1 Å². The van der Waals surface area contributed by atoms with Crippen LogP contribution in [0.4, 0.5) is 10.1 Å². The molecule has 6 heteroatoms. The quantitative estimate of drug-likeness (QED) is 0.430. The van der Waals surface area contributed by atoms with Gasteiger partial charge in [-0.1, -0.05) is 60.7 Å². The highest BCUT2D eigenvalue weighted by atomic mass is 19.1. The van der Waals surface area contributed by atoms with Gasteiger partial charge in [-0.15, -0.1) is 10.2 Å². The van der Waals surface area contributed by atoms with Gasteiger partial charge in [0.15, 0.2) is 5.71 Å². The van der Waals surface area contributed by atoms with Gasteiger partial charge in [0.05, 0.1) is 5.69 Å². The van der Waals surface area contributed by atoms with Crippen LogP contribution in [-0.4, -0.2) is 23.1 Å². The maximum Gasteiger partial charge on any atom is 0.276 e. The largest absolute Gasteiger partial charge is 0.320 e. The zero-order chi connectivity index (χ0) is 19.5. The van der Waals surface area contributed by atoms with Crippen LogP contribution in [0.5, 0.6) is 0 Å². The Morgan fingerprint density at radius 3 is 2.18 bits per heavy atom. The van der Waals surface area contributed by atoms with Gasteiger partial charge in [0.25, 0.3) is 5.91 Å². The summed E-state index contributed by atoms with van der Waals surface area (Å²) in [6.45, 7) is 0. The van der Waals surface area contributed by atoms with Gasteiger partial charge in [-0.2, -0.15) is 0 Å². The number of halogens is 1. The third kappa shape index (κ3) is 3.35. The van der Waals surface area contributed by atoms with Crippen LogP contribution in [-0.2, 0) is 4.79 Å². The number of hydrogen-bond acceptors (Lipinski definition) is 4. The smallest absolute Gasteiger partial charge is 0.276 e. The maximum atomic E-state index is 13.6. The third-order valence-corrected chi connectivity index (χ3v) is 4.25. The number of rotatable bonds is 4. The normalized spacial score (nSPS) is 14.7. The van der Waals surface area contributed by atoms with Crippen molar-refractivity contribution in [1.82, 2.24) is 0 Å². The van der Waals surface area contributed by atoms with Crippen LogP contribution < -0.4 is 5.32 Å². The molecule has 136 valence electrons. The Bertz CT molecular complexity index is 1120. The second-order valence-corrected chi connectivity index (χ2v) is 6.10. The predicted molar refractivity (Wildman–Crippen MR) is 105 cm³/mol. The van der Waals surface area contributed by atoms with Crippen molar-refractivity contribution in [3.8, 4) is 0 Å². The first-order chi connectivity index (χ1) is 13.6. The molecule has 1 heterocycles. The number of amides is 1. The molecular formula is C22H14FN3O2. The molecule has 3 aromatic rings. The number of fused-ring (bicyclic) bond motifs is 1. The Kier molecular flexibility index (Phi) is 4.60. The van der Waals surface area contributed by atoms with Crippen molar-refractivity contribution in [3.05, 3.63) is 101 Å². The molecular weight excluding hydrogens is 357 g/mol. The summed E-state index contributed by atoms with van der Waals surface area (Å²) in [4.78, 5) is 25.2. The fraction of sp³-hybridized carbons (Fsp3) is 0. The zero-order valence-electron chi connectivity index (χ0n) is 14.6. The molecule has 0 aromatic heterocycles. The molecule has 0 saturated heterocycles. The molecule has 4 rings (SSSR count). The summed E-state index contributed by atoms with van der Waals surface area (Å²) in [5, 5.41) is 10.7. The molecule has 1 aliphatic rings. The molecule has 0 fully saturated rings. The van der Waals surface area contributed by atoms with E-state index in [9.17, 15) is 14.0 Å². The topological polar surface area (TPSA) is 70.9 Å². The summed E-state index contributed by atoms with van der Waals surface area (Å²) >= 11 is 0. The van der Waals surface area contributed by atoms with Crippen LogP contribution in [0.15, 0.2) is 89.1 Å². The molecule has 0 spiro atoms. The van der Waals surface area contributed by atoms with Crippen molar-refractivity contribution in [1.29, 1.82) is 0 Å². The third-order valence-electron chi connectivity index (χ3n) is 4.25. The van der Waals surface area contributed by atoms with E-state index in [2.05, 4.69) is 15.5 Å². The van der Waals surface area contributed by atoms with Crippen LogP contribution in [0, 0.1) is 5.82 Å². The summed E-state index contributed by atoms with van der Waals surface area (Å²) < 4.78 is 13.6. The number of nitrogens with one attached hydrogen (secondary N) is 1. The number of ketones is 1. The lowest BCUT2D eigenvalue weighted by Gasteiger charge is -2.05. The Balaban J connectivity index is 1.81. The molecule has 1 amide bonds. The monoisotopic (exact) mass is 371 g/mol. The Morgan fingerprint density at radius 2 is 1.50 bits per heavy atom. The summed E-state index contributed by atoms with van der Waals surface area (Å²) in [6.07, 6.45) is 0. The Hall–Kier alpha value is -3.93. The second kappa shape index (κ2) is 7.36. The minimum Gasteiger partial charge on any atom is -0.320 e. The first kappa shape index (κ1) is 17.5. The molecule has 0 bridgehead atoms. The molecule has 0 saturated carbocycles. The van der Waals surface area contributed by atoms with E-state index in [0.29, 0.717) is 22.4 Å². The minimum atomic E-state index is -0.496. The lowest BCUT2D eigenvalue weighted by atomic mass is 10.0. The van der Waals surface area contributed by atoms with Gasteiger partial charge in [0, 0.05) is 16.7 Å². The van der Waals surface area contributed by atoms with E-state index in [1.165, 1.54) is 18.2 Å². The molecule has 1 N–H and O–H groups in total. The van der Waals surface area contributed by atoms with Crippen molar-refractivity contribution in [2.45, 2.75) is 0 Å². The van der Waals surface area contributed by atoms with Crippen molar-refractivity contribution >= 4 is 28.8 Å². The molecule has 0 unspecified atom stereocenters. The van der Waals surface area contributed by atoms with Gasteiger partial charge >= 0.3 is 0 Å². The summed E-state index contributed by atoms with van der Waals surface area (Å²) in [5.74, 6) is -1.31. The van der Waals surface area contributed by atoms with Crippen LogP contribution in [0.3, 0.4) is 0 Å². The van der Waals surface area contributed by atoms with Gasteiger partial charge in [-0.25, -0.2) is 4.39 Å². The number of hydrogen-bond donors (Lipinski definition) is 1. The van der Waals surface area contributed by atoms with Gasteiger partial charge in [0.2, 0.25) is 5.78 Å². The summed E-state index contributed by atoms with van der Waals surface area (Å²) in [6, 6.07) is 21.5. The highest BCUT2D eigenvalue weighted by Crippen LogP contribution is 2.24. The van der Waals surface area contributed by atoms with Crippen LogP contribution in [0.1, 0.15) is 21.5 Å². The number of nitrogens with zero attached hydrogens (tertiary/aromatic N) is 2. The number of carbonyl (C=O) groups is 2. The highest BCUT2D eigenvalue weighted by molar-refractivity contribution is 6.54. The summed E-state index contributed by atoms with van der Waals surface area (Å²) in [7, 11) is 0. The van der Waals surface area contributed by atoms with Crippen molar-refractivity contribution in [2.24, 2.45) is 10.2 Å². The predicted octanol–water partition coefficient (Wildman–Crippen LogP) is 3.85. The van der Waals surface area contributed by atoms with Crippen LogP contribution in [0.2, 0.25) is 0 Å².